The summed E-state index contributed by atoms with van der Waals surface area (Å²) in [5.41, 5.74) is 0.711. The topological polar surface area (TPSA) is 66.4 Å². The van der Waals surface area contributed by atoms with Crippen LogP contribution < -0.4 is 5.32 Å². The zero-order valence-corrected chi connectivity index (χ0v) is 8.72. The van der Waals surface area contributed by atoms with Gasteiger partial charge in [0.2, 0.25) is 0 Å². The molecule has 2 rings (SSSR count). The molecule has 1 fully saturated rings. The average molecular weight is 219 g/mol. The lowest BCUT2D eigenvalue weighted by Crippen LogP contribution is -2.32. The van der Waals surface area contributed by atoms with E-state index in [-0.39, 0.29) is 11.3 Å². The van der Waals surface area contributed by atoms with E-state index in [0.29, 0.717) is 6.54 Å². The van der Waals surface area contributed by atoms with Gasteiger partial charge in [-0.1, -0.05) is 30.3 Å². The van der Waals surface area contributed by atoms with Crippen LogP contribution in [0.15, 0.2) is 30.3 Å². The summed E-state index contributed by atoms with van der Waals surface area (Å²) < 4.78 is 0. The van der Waals surface area contributed by atoms with Crippen molar-refractivity contribution in [1.82, 2.24) is 5.32 Å². The lowest BCUT2D eigenvalue weighted by molar-refractivity contribution is -0.109. The molecule has 1 amide bonds. The predicted octanol–water partition coefficient (Wildman–Crippen LogP) is 1.41. The van der Waals surface area contributed by atoms with Crippen molar-refractivity contribution in [3.8, 4) is 0 Å². The fourth-order valence-electron chi connectivity index (χ4n) is 2.15. The van der Waals surface area contributed by atoms with Crippen molar-refractivity contribution in [1.29, 1.82) is 0 Å². The Morgan fingerprint density at radius 2 is 2.19 bits per heavy atom. The van der Waals surface area contributed by atoms with Crippen LogP contribution in [0.25, 0.3) is 0 Å². The molecule has 0 heterocycles. The van der Waals surface area contributed by atoms with E-state index in [0.717, 1.165) is 18.3 Å². The Hall–Kier alpha value is -1.84. The Kier molecular flexibility index (Phi) is 2.64. The SMILES string of the molecule is O=C[C@H]1C[C@@]1(CNC(=O)O)c1ccccc1. The summed E-state index contributed by atoms with van der Waals surface area (Å²) in [4.78, 5) is 21.3. The molecule has 0 unspecified atom stereocenters. The Labute approximate surface area is 93.3 Å². The third-order valence-electron chi connectivity index (χ3n) is 3.20. The van der Waals surface area contributed by atoms with Gasteiger partial charge in [-0.2, -0.15) is 0 Å². The number of hydrogen-bond acceptors (Lipinski definition) is 2. The van der Waals surface area contributed by atoms with Gasteiger partial charge in [-0.15, -0.1) is 0 Å². The number of aldehydes is 1. The molecule has 4 nitrogen and oxygen atoms in total. The first-order valence-corrected chi connectivity index (χ1v) is 5.17. The first-order chi connectivity index (χ1) is 7.69. The molecule has 0 radical (unpaired) electrons. The maximum atomic E-state index is 10.8. The van der Waals surface area contributed by atoms with Crippen molar-refractivity contribution < 1.29 is 14.7 Å². The summed E-state index contributed by atoms with van der Waals surface area (Å²) in [7, 11) is 0. The normalized spacial score (nSPS) is 27.1. The second kappa shape index (κ2) is 3.96. The van der Waals surface area contributed by atoms with Gasteiger partial charge in [0.1, 0.15) is 6.29 Å². The minimum Gasteiger partial charge on any atom is -0.465 e. The highest BCUT2D eigenvalue weighted by Gasteiger charge is 2.55. The van der Waals surface area contributed by atoms with Gasteiger partial charge in [-0.05, 0) is 12.0 Å². The van der Waals surface area contributed by atoms with Crippen LogP contribution in [0.4, 0.5) is 4.79 Å². The summed E-state index contributed by atoms with van der Waals surface area (Å²) >= 11 is 0. The van der Waals surface area contributed by atoms with Gasteiger partial charge in [0.25, 0.3) is 0 Å². The molecule has 2 N–H and O–H groups in total. The predicted molar refractivity (Wildman–Crippen MR) is 58.3 cm³/mol. The Balaban J connectivity index is 2.18. The molecular weight excluding hydrogens is 206 g/mol. The molecule has 0 aromatic heterocycles. The van der Waals surface area contributed by atoms with E-state index in [4.69, 9.17) is 5.11 Å². The number of benzene rings is 1. The largest absolute Gasteiger partial charge is 0.465 e. The Morgan fingerprint density at radius 3 is 2.69 bits per heavy atom. The summed E-state index contributed by atoms with van der Waals surface area (Å²) in [6.07, 6.45) is 0.587. The van der Waals surface area contributed by atoms with Crippen LogP contribution in [0, 0.1) is 5.92 Å². The maximum absolute atomic E-state index is 10.8. The highest BCUT2D eigenvalue weighted by molar-refractivity contribution is 5.68. The number of carboxylic acid groups (broad SMARTS) is 1. The molecule has 1 aromatic carbocycles. The van der Waals surface area contributed by atoms with Crippen LogP contribution >= 0.6 is 0 Å². The highest BCUT2D eigenvalue weighted by atomic mass is 16.4. The molecule has 0 saturated heterocycles. The van der Waals surface area contributed by atoms with Crippen LogP contribution in [0.3, 0.4) is 0 Å². The Morgan fingerprint density at radius 1 is 1.50 bits per heavy atom. The van der Waals surface area contributed by atoms with Gasteiger partial charge in [0, 0.05) is 17.9 Å². The molecule has 1 saturated carbocycles. The molecule has 1 aliphatic carbocycles. The van der Waals surface area contributed by atoms with E-state index in [1.54, 1.807) is 0 Å². The zero-order chi connectivity index (χ0) is 11.6. The van der Waals surface area contributed by atoms with Crippen molar-refractivity contribution in [3.63, 3.8) is 0 Å². The lowest BCUT2D eigenvalue weighted by atomic mass is 9.93. The van der Waals surface area contributed by atoms with Crippen LogP contribution in [0.1, 0.15) is 12.0 Å². The smallest absolute Gasteiger partial charge is 0.404 e. The minimum absolute atomic E-state index is 0.0678. The molecule has 2 atom stereocenters. The number of carbonyl (C=O) groups excluding carboxylic acids is 1. The monoisotopic (exact) mass is 219 g/mol. The van der Waals surface area contributed by atoms with Crippen LogP contribution in [0.2, 0.25) is 0 Å². The summed E-state index contributed by atoms with van der Waals surface area (Å²) in [6.45, 7) is 0.301. The summed E-state index contributed by atoms with van der Waals surface area (Å²) in [5.74, 6) is -0.0678. The molecular formula is C12H13NO3. The van der Waals surface area contributed by atoms with Crippen molar-refractivity contribution in [2.45, 2.75) is 11.8 Å². The van der Waals surface area contributed by atoms with Gasteiger partial charge in [0.05, 0.1) is 0 Å². The lowest BCUT2D eigenvalue weighted by Gasteiger charge is -2.16. The summed E-state index contributed by atoms with van der Waals surface area (Å²) in [6, 6.07) is 9.58. The van der Waals surface area contributed by atoms with Crippen molar-refractivity contribution in [2.75, 3.05) is 6.54 Å². The van der Waals surface area contributed by atoms with E-state index in [9.17, 15) is 9.59 Å². The molecule has 0 aliphatic heterocycles. The number of nitrogens with one attached hydrogen (secondary N) is 1. The standard InChI is InChI=1S/C12H13NO3/c14-7-10-6-12(10,8-13-11(15)16)9-4-2-1-3-5-9/h1-5,7,10,13H,6,8H2,(H,15,16)/t10-,12-/m1/s1. The molecule has 1 aliphatic rings. The van der Waals surface area contributed by atoms with Crippen molar-refractivity contribution in [3.05, 3.63) is 35.9 Å². The number of hydrogen-bond donors (Lipinski definition) is 2. The first-order valence-electron chi connectivity index (χ1n) is 5.17. The van der Waals surface area contributed by atoms with Crippen molar-refractivity contribution >= 4 is 12.4 Å². The molecule has 0 spiro atoms. The average Bonchev–Trinajstić information content (AvgIpc) is 3.03. The van der Waals surface area contributed by atoms with Crippen molar-refractivity contribution in [2.24, 2.45) is 5.92 Å². The maximum Gasteiger partial charge on any atom is 0.404 e. The fourth-order valence-corrected chi connectivity index (χ4v) is 2.15. The molecule has 1 aromatic rings. The van der Waals surface area contributed by atoms with Gasteiger partial charge in [-0.25, -0.2) is 4.79 Å². The molecule has 0 bridgehead atoms. The van der Waals surface area contributed by atoms with Gasteiger partial charge in [0.15, 0.2) is 0 Å². The van der Waals surface area contributed by atoms with Crippen LogP contribution in [-0.4, -0.2) is 24.0 Å². The second-order valence-electron chi connectivity index (χ2n) is 4.13. The van der Waals surface area contributed by atoms with Gasteiger partial charge >= 0.3 is 6.09 Å². The summed E-state index contributed by atoms with van der Waals surface area (Å²) in [5, 5.41) is 11.0. The van der Waals surface area contributed by atoms with E-state index in [2.05, 4.69) is 5.32 Å². The van der Waals surface area contributed by atoms with E-state index >= 15 is 0 Å². The quantitative estimate of drug-likeness (QED) is 0.752. The fraction of sp³-hybridized carbons (Fsp3) is 0.333. The first kappa shape index (κ1) is 10.7. The number of carbonyl (C=O) groups is 2. The van der Waals surface area contributed by atoms with Crippen LogP contribution in [-0.2, 0) is 10.2 Å². The van der Waals surface area contributed by atoms with Crippen LogP contribution in [0.5, 0.6) is 0 Å². The van der Waals surface area contributed by atoms with Gasteiger partial charge in [-0.3, -0.25) is 0 Å². The van der Waals surface area contributed by atoms with E-state index < -0.39 is 6.09 Å². The van der Waals surface area contributed by atoms with E-state index in [1.165, 1.54) is 0 Å². The molecule has 16 heavy (non-hydrogen) atoms. The van der Waals surface area contributed by atoms with Gasteiger partial charge < -0.3 is 15.2 Å². The second-order valence-corrected chi connectivity index (χ2v) is 4.13. The molecule has 4 heteroatoms. The minimum atomic E-state index is -1.05. The molecule has 84 valence electrons. The number of rotatable bonds is 4. The zero-order valence-electron chi connectivity index (χ0n) is 8.72. The third-order valence-corrected chi connectivity index (χ3v) is 3.20. The number of amides is 1. The highest BCUT2D eigenvalue weighted by Crippen LogP contribution is 2.52. The van der Waals surface area contributed by atoms with E-state index in [1.807, 2.05) is 30.3 Å². The third kappa shape index (κ3) is 1.78. The Bertz CT molecular complexity index is 404.